The van der Waals surface area contributed by atoms with Crippen LogP contribution in [0.4, 0.5) is 0 Å². The summed E-state index contributed by atoms with van der Waals surface area (Å²) in [6.07, 6.45) is 6.87. The summed E-state index contributed by atoms with van der Waals surface area (Å²) < 4.78 is 22.9. The van der Waals surface area contributed by atoms with E-state index < -0.39 is 9.84 Å². The Hall–Kier alpha value is -0.0900. The molecule has 0 heterocycles. The van der Waals surface area contributed by atoms with Crippen molar-refractivity contribution in [3.63, 3.8) is 0 Å². The minimum atomic E-state index is -2.89. The number of nitrogens with one attached hydrogen (secondary N) is 1. The zero-order valence-corrected chi connectivity index (χ0v) is 10.9. The molecule has 1 rings (SSSR count). The third-order valence-electron chi connectivity index (χ3n) is 2.94. The first-order valence-corrected chi connectivity index (χ1v) is 7.84. The number of hydrogen-bond acceptors (Lipinski definition) is 3. The second kappa shape index (κ2) is 4.83. The van der Waals surface area contributed by atoms with E-state index in [1.165, 1.54) is 12.7 Å². The molecule has 0 aliphatic heterocycles. The lowest BCUT2D eigenvalue weighted by molar-refractivity contribution is 0.240. The first-order valence-electron chi connectivity index (χ1n) is 5.78. The molecular weight excluding hydrogens is 210 g/mol. The van der Waals surface area contributed by atoms with Gasteiger partial charge in [0.05, 0.1) is 5.75 Å². The van der Waals surface area contributed by atoms with E-state index in [9.17, 15) is 8.42 Å². The summed E-state index contributed by atoms with van der Waals surface area (Å²) in [5, 5.41) is 3.47. The van der Waals surface area contributed by atoms with Crippen molar-refractivity contribution in [3.8, 4) is 0 Å². The maximum atomic E-state index is 11.4. The molecule has 0 amide bonds. The molecule has 0 aromatic carbocycles. The molecule has 0 aromatic rings. The van der Waals surface area contributed by atoms with E-state index in [1.807, 2.05) is 0 Å². The average molecular weight is 233 g/mol. The smallest absolute Gasteiger partial charge is 0.149 e. The molecule has 0 atom stereocenters. The van der Waals surface area contributed by atoms with Gasteiger partial charge in [-0.2, -0.15) is 0 Å². The van der Waals surface area contributed by atoms with Crippen molar-refractivity contribution < 1.29 is 8.42 Å². The normalized spacial score (nSPS) is 21.9. The molecular formula is C11H23NO2S. The van der Waals surface area contributed by atoms with Crippen LogP contribution in [-0.4, -0.2) is 32.0 Å². The maximum absolute atomic E-state index is 11.4. The molecule has 0 saturated heterocycles. The van der Waals surface area contributed by atoms with Crippen molar-refractivity contribution in [3.05, 3.63) is 0 Å². The summed E-state index contributed by atoms with van der Waals surface area (Å²) in [6, 6.07) is 0.352. The molecule has 1 aliphatic carbocycles. The van der Waals surface area contributed by atoms with Crippen LogP contribution >= 0.6 is 0 Å². The van der Waals surface area contributed by atoms with Gasteiger partial charge in [0.25, 0.3) is 0 Å². The van der Waals surface area contributed by atoms with E-state index >= 15 is 0 Å². The minimum Gasteiger partial charge on any atom is -0.308 e. The number of sulfone groups is 1. The van der Waals surface area contributed by atoms with Gasteiger partial charge >= 0.3 is 0 Å². The van der Waals surface area contributed by atoms with Crippen molar-refractivity contribution in [2.75, 3.05) is 12.0 Å². The lowest BCUT2D eigenvalue weighted by Crippen LogP contribution is -2.54. The van der Waals surface area contributed by atoms with Gasteiger partial charge in [-0.05, 0) is 12.8 Å². The van der Waals surface area contributed by atoms with Gasteiger partial charge < -0.3 is 5.32 Å². The molecule has 1 fully saturated rings. The third-order valence-corrected chi connectivity index (χ3v) is 4.02. The van der Waals surface area contributed by atoms with E-state index in [0.29, 0.717) is 6.04 Å². The van der Waals surface area contributed by atoms with E-state index in [-0.39, 0.29) is 11.3 Å². The SMILES string of the molecule is CC(C)NC1(CS(C)(=O)=O)CCCCC1. The van der Waals surface area contributed by atoms with Gasteiger partial charge in [-0.1, -0.05) is 33.1 Å². The van der Waals surface area contributed by atoms with Crippen LogP contribution in [0.2, 0.25) is 0 Å². The second-order valence-electron chi connectivity index (χ2n) is 5.21. The molecule has 0 spiro atoms. The lowest BCUT2D eigenvalue weighted by atomic mass is 9.82. The Morgan fingerprint density at radius 3 is 2.13 bits per heavy atom. The quantitative estimate of drug-likeness (QED) is 0.804. The van der Waals surface area contributed by atoms with Crippen LogP contribution in [0.5, 0.6) is 0 Å². The van der Waals surface area contributed by atoms with Gasteiger partial charge in [0.2, 0.25) is 0 Å². The molecule has 1 saturated carbocycles. The fourth-order valence-electron chi connectivity index (χ4n) is 2.67. The molecule has 3 nitrogen and oxygen atoms in total. The molecule has 0 aromatic heterocycles. The summed E-state index contributed by atoms with van der Waals surface area (Å²) in [7, 11) is -2.89. The zero-order chi connectivity index (χ0) is 11.5. The van der Waals surface area contributed by atoms with Gasteiger partial charge in [0.15, 0.2) is 0 Å². The predicted molar refractivity (Wildman–Crippen MR) is 63.8 cm³/mol. The van der Waals surface area contributed by atoms with E-state index in [4.69, 9.17) is 0 Å². The van der Waals surface area contributed by atoms with Crippen LogP contribution in [0.25, 0.3) is 0 Å². The van der Waals surface area contributed by atoms with Crippen molar-refractivity contribution in [1.82, 2.24) is 5.32 Å². The van der Waals surface area contributed by atoms with E-state index in [0.717, 1.165) is 25.7 Å². The topological polar surface area (TPSA) is 46.2 Å². The van der Waals surface area contributed by atoms with Crippen LogP contribution in [0.1, 0.15) is 46.0 Å². The fourth-order valence-corrected chi connectivity index (χ4v) is 4.05. The molecule has 1 aliphatic rings. The van der Waals surface area contributed by atoms with E-state index in [2.05, 4.69) is 19.2 Å². The summed E-state index contributed by atoms with van der Waals surface area (Å²) >= 11 is 0. The van der Waals surface area contributed by atoms with Crippen molar-refractivity contribution in [2.45, 2.75) is 57.5 Å². The standard InChI is InChI=1S/C11H23NO2S/c1-10(2)12-11(9-15(3,13)14)7-5-4-6-8-11/h10,12H,4-9H2,1-3H3. The van der Waals surface area contributed by atoms with Crippen molar-refractivity contribution in [2.24, 2.45) is 0 Å². The highest BCUT2D eigenvalue weighted by molar-refractivity contribution is 7.90. The van der Waals surface area contributed by atoms with Crippen LogP contribution < -0.4 is 5.32 Å². The predicted octanol–water partition coefficient (Wildman–Crippen LogP) is 1.73. The second-order valence-corrected chi connectivity index (χ2v) is 7.35. The van der Waals surface area contributed by atoms with Gasteiger partial charge in [0.1, 0.15) is 9.84 Å². The summed E-state index contributed by atoms with van der Waals surface area (Å²) in [6.45, 7) is 4.16. The number of rotatable bonds is 4. The highest BCUT2D eigenvalue weighted by atomic mass is 32.2. The summed E-state index contributed by atoms with van der Waals surface area (Å²) in [4.78, 5) is 0. The van der Waals surface area contributed by atoms with Crippen molar-refractivity contribution in [1.29, 1.82) is 0 Å². The van der Waals surface area contributed by atoms with Gasteiger partial charge in [-0.25, -0.2) is 8.42 Å². The molecule has 0 radical (unpaired) electrons. The van der Waals surface area contributed by atoms with Crippen LogP contribution in [0.3, 0.4) is 0 Å². The Labute approximate surface area is 93.6 Å². The molecule has 1 N–H and O–H groups in total. The summed E-state index contributed by atoms with van der Waals surface area (Å²) in [5.41, 5.74) is -0.153. The Morgan fingerprint density at radius 2 is 1.73 bits per heavy atom. The van der Waals surface area contributed by atoms with Crippen LogP contribution in [0, 0.1) is 0 Å². The zero-order valence-electron chi connectivity index (χ0n) is 10.0. The van der Waals surface area contributed by atoms with Crippen LogP contribution in [0.15, 0.2) is 0 Å². The van der Waals surface area contributed by atoms with Gasteiger partial charge in [-0.15, -0.1) is 0 Å². The fraction of sp³-hybridized carbons (Fsp3) is 1.00. The highest BCUT2D eigenvalue weighted by Gasteiger charge is 2.35. The molecule has 90 valence electrons. The first kappa shape index (κ1) is 13.0. The Morgan fingerprint density at radius 1 is 1.20 bits per heavy atom. The Bertz CT molecular complexity index is 290. The Kier molecular flexibility index (Phi) is 4.18. The minimum absolute atomic E-state index is 0.153. The molecule has 0 unspecified atom stereocenters. The molecule has 0 bridgehead atoms. The molecule has 15 heavy (non-hydrogen) atoms. The van der Waals surface area contributed by atoms with Gasteiger partial charge in [0, 0.05) is 17.8 Å². The van der Waals surface area contributed by atoms with E-state index in [1.54, 1.807) is 0 Å². The lowest BCUT2D eigenvalue weighted by Gasteiger charge is -2.39. The average Bonchev–Trinajstić information content (AvgIpc) is 1.99. The van der Waals surface area contributed by atoms with Gasteiger partial charge in [-0.3, -0.25) is 0 Å². The molecule has 4 heteroatoms. The van der Waals surface area contributed by atoms with Crippen molar-refractivity contribution >= 4 is 9.84 Å². The third kappa shape index (κ3) is 4.51. The Balaban J connectivity index is 2.75. The number of hydrogen-bond donors (Lipinski definition) is 1. The summed E-state index contributed by atoms with van der Waals surface area (Å²) in [5.74, 6) is 0.290. The first-order chi connectivity index (χ1) is 6.83. The monoisotopic (exact) mass is 233 g/mol. The highest BCUT2D eigenvalue weighted by Crippen LogP contribution is 2.29. The largest absolute Gasteiger partial charge is 0.308 e. The van der Waals surface area contributed by atoms with Crippen LogP contribution in [-0.2, 0) is 9.84 Å². The maximum Gasteiger partial charge on any atom is 0.149 e.